The van der Waals surface area contributed by atoms with Crippen LogP contribution in [0.4, 0.5) is 0 Å². The maximum Gasteiger partial charge on any atom is 0.156 e. The van der Waals surface area contributed by atoms with Crippen LogP contribution in [0.15, 0.2) is 18.5 Å². The molecule has 0 aromatic carbocycles. The van der Waals surface area contributed by atoms with Crippen molar-refractivity contribution in [3.8, 4) is 0 Å². The van der Waals surface area contributed by atoms with Crippen molar-refractivity contribution < 1.29 is 4.74 Å². The Kier molecular flexibility index (Phi) is 3.86. The molecule has 3 aliphatic rings. The van der Waals surface area contributed by atoms with E-state index in [-0.39, 0.29) is 0 Å². The van der Waals surface area contributed by atoms with Crippen LogP contribution in [0.5, 0.6) is 0 Å². The Morgan fingerprint density at radius 3 is 2.92 bits per heavy atom. The second-order valence-corrected chi connectivity index (χ2v) is 7.77. The molecule has 0 spiro atoms. The van der Waals surface area contributed by atoms with E-state index in [1.165, 1.54) is 35.5 Å². The molecule has 0 amide bonds. The van der Waals surface area contributed by atoms with Gasteiger partial charge in [0.25, 0.3) is 0 Å². The number of hydrogen-bond donors (Lipinski definition) is 1. The highest BCUT2D eigenvalue weighted by molar-refractivity contribution is 5.73. The smallest absolute Gasteiger partial charge is 0.156 e. The molecule has 0 bridgehead atoms. The summed E-state index contributed by atoms with van der Waals surface area (Å²) in [5.74, 6) is 1.16. The van der Waals surface area contributed by atoms with Crippen molar-refractivity contribution in [1.82, 2.24) is 19.7 Å². The Labute approximate surface area is 148 Å². The lowest BCUT2D eigenvalue weighted by atomic mass is 9.90. The molecule has 132 valence electrons. The quantitative estimate of drug-likeness (QED) is 0.915. The summed E-state index contributed by atoms with van der Waals surface area (Å²) in [5.41, 5.74) is 6.22. The highest BCUT2D eigenvalue weighted by atomic mass is 16.5. The Balaban J connectivity index is 1.53. The number of hydrogen-bond acceptors (Lipinski definition) is 4. The summed E-state index contributed by atoms with van der Waals surface area (Å²) in [6.07, 6.45) is 12.2. The molecule has 2 fully saturated rings. The van der Waals surface area contributed by atoms with Crippen molar-refractivity contribution in [3.05, 3.63) is 35.6 Å². The second-order valence-electron chi connectivity index (χ2n) is 7.77. The van der Waals surface area contributed by atoms with Crippen LogP contribution in [0.2, 0.25) is 0 Å². The number of allylic oxidation sites excluding steroid dienone is 2. The third-order valence-corrected chi connectivity index (χ3v) is 6.09. The third-order valence-electron chi connectivity index (χ3n) is 6.09. The number of fused-ring (bicyclic) bond motifs is 3. The van der Waals surface area contributed by atoms with E-state index in [4.69, 9.17) is 14.7 Å². The van der Waals surface area contributed by atoms with Crippen LogP contribution in [0.25, 0.3) is 11.2 Å². The van der Waals surface area contributed by atoms with Gasteiger partial charge in [0.2, 0.25) is 0 Å². The molecule has 5 heteroatoms. The fraction of sp³-hybridized carbons (Fsp3) is 0.600. The van der Waals surface area contributed by atoms with E-state index in [2.05, 4.69) is 28.9 Å². The maximum atomic E-state index is 5.56. The summed E-state index contributed by atoms with van der Waals surface area (Å²) in [6, 6.07) is 0.574. The number of nitrogens with zero attached hydrogens (tertiary/aromatic N) is 3. The van der Waals surface area contributed by atoms with Crippen molar-refractivity contribution in [2.24, 2.45) is 5.92 Å². The molecule has 2 aromatic rings. The molecule has 5 rings (SSSR count). The van der Waals surface area contributed by atoms with E-state index >= 15 is 0 Å². The van der Waals surface area contributed by atoms with Crippen molar-refractivity contribution in [2.45, 2.75) is 51.0 Å². The SMILES string of the molecule is C[C@H]1C[C@@H](c2cn3c4c(ncc3n2)CC=C4C2CCOCC2)CCN1. The molecule has 1 aliphatic carbocycles. The van der Waals surface area contributed by atoms with Gasteiger partial charge < -0.3 is 10.1 Å². The zero-order valence-corrected chi connectivity index (χ0v) is 14.9. The summed E-state index contributed by atoms with van der Waals surface area (Å²) in [7, 11) is 0. The number of nitrogens with one attached hydrogen (secondary N) is 1. The van der Waals surface area contributed by atoms with Gasteiger partial charge in [0.1, 0.15) is 0 Å². The lowest BCUT2D eigenvalue weighted by Crippen LogP contribution is -2.34. The van der Waals surface area contributed by atoms with Gasteiger partial charge in [-0.05, 0) is 50.6 Å². The summed E-state index contributed by atoms with van der Waals surface area (Å²) < 4.78 is 7.88. The first-order valence-corrected chi connectivity index (χ1v) is 9.68. The predicted octanol–water partition coefficient (Wildman–Crippen LogP) is 2.95. The fourth-order valence-electron chi connectivity index (χ4n) is 4.74. The fourth-order valence-corrected chi connectivity index (χ4v) is 4.74. The third kappa shape index (κ3) is 2.70. The van der Waals surface area contributed by atoms with Gasteiger partial charge in [-0.3, -0.25) is 9.38 Å². The molecule has 2 aromatic heterocycles. The van der Waals surface area contributed by atoms with Gasteiger partial charge in [-0.15, -0.1) is 0 Å². The van der Waals surface area contributed by atoms with Gasteiger partial charge in [-0.1, -0.05) is 6.08 Å². The van der Waals surface area contributed by atoms with Crippen LogP contribution in [-0.2, 0) is 11.2 Å². The van der Waals surface area contributed by atoms with Gasteiger partial charge in [-0.2, -0.15) is 0 Å². The normalized spacial score (nSPS) is 27.5. The topological polar surface area (TPSA) is 51.5 Å². The summed E-state index contributed by atoms with van der Waals surface area (Å²) in [5, 5.41) is 3.54. The zero-order valence-electron chi connectivity index (χ0n) is 14.9. The number of aromatic nitrogens is 3. The molecule has 0 radical (unpaired) electrons. The van der Waals surface area contributed by atoms with Gasteiger partial charge in [-0.25, -0.2) is 4.98 Å². The number of ether oxygens (including phenoxy) is 1. The summed E-state index contributed by atoms with van der Waals surface area (Å²) >= 11 is 0. The molecule has 1 N–H and O–H groups in total. The molecule has 0 unspecified atom stereocenters. The molecule has 2 aliphatic heterocycles. The average Bonchev–Trinajstić information content (AvgIpc) is 3.26. The summed E-state index contributed by atoms with van der Waals surface area (Å²) in [4.78, 5) is 9.68. The zero-order chi connectivity index (χ0) is 16.8. The highest BCUT2D eigenvalue weighted by Crippen LogP contribution is 2.38. The monoisotopic (exact) mass is 338 g/mol. The minimum Gasteiger partial charge on any atom is -0.381 e. The van der Waals surface area contributed by atoms with E-state index in [0.29, 0.717) is 17.9 Å². The van der Waals surface area contributed by atoms with Crippen molar-refractivity contribution >= 4 is 11.2 Å². The number of piperidine rings is 1. The Morgan fingerprint density at radius 2 is 2.08 bits per heavy atom. The molecule has 5 nitrogen and oxygen atoms in total. The van der Waals surface area contributed by atoms with Crippen LogP contribution in [0, 0.1) is 5.92 Å². The average molecular weight is 338 g/mol. The highest BCUT2D eigenvalue weighted by Gasteiger charge is 2.29. The Bertz CT molecular complexity index is 818. The van der Waals surface area contributed by atoms with E-state index in [1.54, 1.807) is 0 Å². The Hall–Kier alpha value is -1.72. The van der Waals surface area contributed by atoms with Crippen molar-refractivity contribution in [1.29, 1.82) is 0 Å². The number of rotatable bonds is 2. The van der Waals surface area contributed by atoms with Crippen LogP contribution < -0.4 is 5.32 Å². The lowest BCUT2D eigenvalue weighted by Gasteiger charge is -2.26. The summed E-state index contributed by atoms with van der Waals surface area (Å²) in [6.45, 7) is 5.11. The molecular formula is C20H26N4O. The first-order chi connectivity index (χ1) is 12.3. The van der Waals surface area contributed by atoms with E-state index in [0.717, 1.165) is 44.7 Å². The molecular weight excluding hydrogens is 312 g/mol. The van der Waals surface area contributed by atoms with E-state index in [1.807, 2.05) is 6.20 Å². The molecule has 0 saturated carbocycles. The van der Waals surface area contributed by atoms with Crippen LogP contribution >= 0.6 is 0 Å². The van der Waals surface area contributed by atoms with Gasteiger partial charge in [0, 0.05) is 37.8 Å². The maximum absolute atomic E-state index is 5.56. The minimum absolute atomic E-state index is 0.559. The molecule has 2 atom stereocenters. The van der Waals surface area contributed by atoms with Gasteiger partial charge in [0.05, 0.1) is 23.3 Å². The van der Waals surface area contributed by atoms with E-state index < -0.39 is 0 Å². The van der Waals surface area contributed by atoms with Crippen molar-refractivity contribution in [2.75, 3.05) is 19.8 Å². The van der Waals surface area contributed by atoms with Crippen LogP contribution in [0.1, 0.15) is 55.6 Å². The predicted molar refractivity (Wildman–Crippen MR) is 97.7 cm³/mol. The minimum atomic E-state index is 0.559. The van der Waals surface area contributed by atoms with Gasteiger partial charge >= 0.3 is 0 Å². The largest absolute Gasteiger partial charge is 0.381 e. The lowest BCUT2D eigenvalue weighted by molar-refractivity contribution is 0.0807. The first-order valence-electron chi connectivity index (χ1n) is 9.68. The Morgan fingerprint density at radius 1 is 1.20 bits per heavy atom. The molecule has 4 heterocycles. The van der Waals surface area contributed by atoms with E-state index in [9.17, 15) is 0 Å². The molecule has 2 saturated heterocycles. The standard InChI is InChI=1S/C20H26N4O/c1-13-10-15(4-7-21-13)18-12-24-19(23-18)11-22-17-3-2-16(20(17)24)14-5-8-25-9-6-14/h2,11-15,21H,3-10H2,1H3/t13-,15-/m0/s1. The first kappa shape index (κ1) is 15.5. The van der Waals surface area contributed by atoms with Crippen LogP contribution in [-0.4, -0.2) is 40.2 Å². The second kappa shape index (κ2) is 6.22. The number of imidazole rings is 1. The van der Waals surface area contributed by atoms with Crippen molar-refractivity contribution in [3.63, 3.8) is 0 Å². The van der Waals surface area contributed by atoms with Gasteiger partial charge in [0.15, 0.2) is 5.65 Å². The molecule has 25 heavy (non-hydrogen) atoms. The van der Waals surface area contributed by atoms with Crippen LogP contribution in [0.3, 0.4) is 0 Å².